The molecule has 1 fully saturated rings. The minimum Gasteiger partial charge on any atom is -0.486 e. The number of thiazole rings is 1. The maximum absolute atomic E-state index is 12.3. The highest BCUT2D eigenvalue weighted by Crippen LogP contribution is 2.33. The van der Waals surface area contributed by atoms with Gasteiger partial charge < -0.3 is 24.8 Å². The van der Waals surface area contributed by atoms with Crippen LogP contribution in [0.5, 0.6) is 11.5 Å². The van der Waals surface area contributed by atoms with E-state index >= 15 is 0 Å². The Morgan fingerprint density at radius 3 is 2.97 bits per heavy atom. The van der Waals surface area contributed by atoms with Gasteiger partial charge in [0.1, 0.15) is 13.2 Å². The summed E-state index contributed by atoms with van der Waals surface area (Å²) in [5, 5.41) is 13.9. The number of carbonyl (C=O) groups excluding carboxylic acids is 1. The van der Waals surface area contributed by atoms with Gasteiger partial charge in [-0.3, -0.25) is 4.79 Å². The maximum Gasteiger partial charge on any atom is 0.355 e. The van der Waals surface area contributed by atoms with E-state index in [1.54, 1.807) is 0 Å². The highest BCUT2D eigenvalue weighted by atomic mass is 32.2. The summed E-state index contributed by atoms with van der Waals surface area (Å²) in [4.78, 5) is 29.2. The van der Waals surface area contributed by atoms with E-state index in [0.717, 1.165) is 23.6 Å². The topological polar surface area (TPSA) is 101 Å². The third kappa shape index (κ3) is 4.76. The van der Waals surface area contributed by atoms with E-state index in [0.29, 0.717) is 42.8 Å². The Morgan fingerprint density at radius 2 is 2.17 bits per heavy atom. The molecule has 1 atom stereocenters. The molecule has 0 spiro atoms. The van der Waals surface area contributed by atoms with Crippen LogP contribution < -0.4 is 14.8 Å². The Morgan fingerprint density at radius 1 is 1.34 bits per heavy atom. The SMILES string of the molecule is O=C(O)c1csc(SCCN2C(=O)CC[C@@H]2CNc2ccc3c(c2)OCCO3)n1. The summed E-state index contributed by atoms with van der Waals surface area (Å²) in [6.07, 6.45) is 1.38. The molecule has 3 heterocycles. The fourth-order valence-electron chi connectivity index (χ4n) is 3.35. The molecule has 10 heteroatoms. The number of benzene rings is 1. The van der Waals surface area contributed by atoms with Gasteiger partial charge in [-0.25, -0.2) is 9.78 Å². The lowest BCUT2D eigenvalue weighted by atomic mass is 10.2. The van der Waals surface area contributed by atoms with Crippen LogP contribution in [-0.4, -0.2) is 65.0 Å². The van der Waals surface area contributed by atoms with Crippen molar-refractivity contribution >= 4 is 40.7 Å². The molecule has 8 nitrogen and oxygen atoms in total. The zero-order chi connectivity index (χ0) is 20.2. The van der Waals surface area contributed by atoms with Crippen LogP contribution in [0.4, 0.5) is 5.69 Å². The number of nitrogens with zero attached hydrogens (tertiary/aromatic N) is 2. The number of carboxylic acids is 1. The molecule has 0 aliphatic carbocycles. The molecular weight excluding hydrogens is 414 g/mol. The first kappa shape index (κ1) is 19.8. The van der Waals surface area contributed by atoms with E-state index in [2.05, 4.69) is 10.3 Å². The summed E-state index contributed by atoms with van der Waals surface area (Å²) < 4.78 is 11.9. The average molecular weight is 436 g/mol. The first-order chi connectivity index (χ1) is 14.1. The molecule has 154 valence electrons. The van der Waals surface area contributed by atoms with E-state index in [9.17, 15) is 9.59 Å². The fraction of sp³-hybridized carbons (Fsp3) is 0.421. The number of carbonyl (C=O) groups is 2. The van der Waals surface area contributed by atoms with Gasteiger partial charge in [0.25, 0.3) is 0 Å². The van der Waals surface area contributed by atoms with Gasteiger partial charge in [0.05, 0.1) is 0 Å². The number of fused-ring (bicyclic) bond motifs is 1. The van der Waals surface area contributed by atoms with Crippen LogP contribution >= 0.6 is 23.1 Å². The number of ether oxygens (including phenoxy) is 2. The first-order valence-corrected chi connectivity index (χ1v) is 11.2. The molecule has 2 aliphatic rings. The Balaban J connectivity index is 1.29. The van der Waals surface area contributed by atoms with Crippen molar-refractivity contribution < 1.29 is 24.2 Å². The van der Waals surface area contributed by atoms with Crippen LogP contribution in [0.3, 0.4) is 0 Å². The van der Waals surface area contributed by atoms with Crippen molar-refractivity contribution in [1.82, 2.24) is 9.88 Å². The zero-order valence-electron chi connectivity index (χ0n) is 15.6. The normalized spacial score (nSPS) is 18.1. The molecule has 2 aliphatic heterocycles. The van der Waals surface area contributed by atoms with Gasteiger partial charge in [-0.15, -0.1) is 11.3 Å². The van der Waals surface area contributed by atoms with Crippen LogP contribution in [0, 0.1) is 0 Å². The summed E-state index contributed by atoms with van der Waals surface area (Å²) in [6.45, 7) is 2.39. The summed E-state index contributed by atoms with van der Waals surface area (Å²) in [5.74, 6) is 1.31. The quantitative estimate of drug-likeness (QED) is 0.611. The van der Waals surface area contributed by atoms with Crippen molar-refractivity contribution in [1.29, 1.82) is 0 Å². The molecule has 29 heavy (non-hydrogen) atoms. The molecule has 0 saturated carbocycles. The van der Waals surface area contributed by atoms with Crippen molar-refractivity contribution in [2.45, 2.75) is 23.2 Å². The number of rotatable bonds is 8. The molecule has 1 aromatic heterocycles. The fourth-order valence-corrected chi connectivity index (χ4v) is 5.16. The number of aromatic nitrogens is 1. The van der Waals surface area contributed by atoms with Crippen molar-refractivity contribution in [2.24, 2.45) is 0 Å². The highest BCUT2D eigenvalue weighted by Gasteiger charge is 2.30. The monoisotopic (exact) mass is 435 g/mol. The predicted molar refractivity (Wildman–Crippen MR) is 110 cm³/mol. The molecule has 4 rings (SSSR count). The Hall–Kier alpha value is -2.46. The minimum atomic E-state index is -1.02. The number of hydrogen-bond acceptors (Lipinski definition) is 8. The summed E-state index contributed by atoms with van der Waals surface area (Å²) in [6, 6.07) is 5.90. The minimum absolute atomic E-state index is 0.0660. The van der Waals surface area contributed by atoms with Crippen molar-refractivity contribution in [3.63, 3.8) is 0 Å². The molecule has 1 aromatic carbocycles. The van der Waals surface area contributed by atoms with Crippen LogP contribution in [0.15, 0.2) is 27.9 Å². The maximum atomic E-state index is 12.3. The van der Waals surface area contributed by atoms with Gasteiger partial charge in [0.2, 0.25) is 5.91 Å². The summed E-state index contributed by atoms with van der Waals surface area (Å²) in [5.41, 5.74) is 1.00. The van der Waals surface area contributed by atoms with Crippen molar-refractivity contribution in [2.75, 3.05) is 37.4 Å². The zero-order valence-corrected chi connectivity index (χ0v) is 17.3. The highest BCUT2D eigenvalue weighted by molar-refractivity contribution is 8.01. The van der Waals surface area contributed by atoms with Gasteiger partial charge in [0, 0.05) is 48.4 Å². The molecule has 2 aromatic rings. The number of likely N-dealkylation sites (tertiary alicyclic amines) is 1. The summed E-state index contributed by atoms with van der Waals surface area (Å²) in [7, 11) is 0. The van der Waals surface area contributed by atoms with E-state index in [1.807, 2.05) is 23.1 Å². The second-order valence-electron chi connectivity index (χ2n) is 6.67. The third-order valence-corrected chi connectivity index (χ3v) is 6.80. The number of aromatic carboxylic acids is 1. The van der Waals surface area contributed by atoms with Crippen molar-refractivity contribution in [3.05, 3.63) is 29.3 Å². The van der Waals surface area contributed by atoms with E-state index in [-0.39, 0.29) is 17.6 Å². The Bertz CT molecular complexity index is 904. The molecule has 0 unspecified atom stereocenters. The first-order valence-electron chi connectivity index (χ1n) is 9.35. The second-order valence-corrected chi connectivity index (χ2v) is 8.87. The van der Waals surface area contributed by atoms with Gasteiger partial charge >= 0.3 is 5.97 Å². The lowest BCUT2D eigenvalue weighted by Gasteiger charge is -2.25. The standard InChI is InChI=1S/C19H21N3O5S2/c23-17-4-2-13(10-20-12-1-3-15-16(9-12)27-7-6-26-15)22(17)5-8-28-19-21-14(11-29-19)18(24)25/h1,3,9,11,13,20H,2,4-8,10H2,(H,24,25)/t13-/m1/s1. The number of thioether (sulfide) groups is 1. The van der Waals surface area contributed by atoms with Crippen LogP contribution in [-0.2, 0) is 4.79 Å². The number of carboxylic acid groups (broad SMARTS) is 1. The lowest BCUT2D eigenvalue weighted by Crippen LogP contribution is -2.39. The molecule has 1 saturated heterocycles. The van der Waals surface area contributed by atoms with E-state index in [1.165, 1.54) is 28.5 Å². The van der Waals surface area contributed by atoms with Gasteiger partial charge in [-0.2, -0.15) is 0 Å². The predicted octanol–water partition coefficient (Wildman–Crippen LogP) is 2.81. The van der Waals surface area contributed by atoms with Gasteiger partial charge in [0.15, 0.2) is 21.5 Å². The second kappa shape index (κ2) is 8.91. The van der Waals surface area contributed by atoms with Crippen LogP contribution in [0.2, 0.25) is 0 Å². The Kier molecular flexibility index (Phi) is 6.10. The Labute approximate surface area is 176 Å². The average Bonchev–Trinajstić information content (AvgIpc) is 3.34. The van der Waals surface area contributed by atoms with Gasteiger partial charge in [-0.1, -0.05) is 11.8 Å². The lowest BCUT2D eigenvalue weighted by molar-refractivity contribution is -0.128. The number of hydrogen-bond donors (Lipinski definition) is 2. The number of amides is 1. The molecular formula is C19H21N3O5S2. The number of nitrogens with one attached hydrogen (secondary N) is 1. The molecule has 0 bridgehead atoms. The molecule has 0 radical (unpaired) electrons. The number of anilines is 1. The smallest absolute Gasteiger partial charge is 0.355 e. The summed E-state index contributed by atoms with van der Waals surface area (Å²) >= 11 is 2.79. The molecule has 1 amide bonds. The largest absolute Gasteiger partial charge is 0.486 e. The van der Waals surface area contributed by atoms with E-state index in [4.69, 9.17) is 14.6 Å². The molecule has 2 N–H and O–H groups in total. The third-order valence-electron chi connectivity index (χ3n) is 4.80. The van der Waals surface area contributed by atoms with Crippen molar-refractivity contribution in [3.8, 4) is 11.5 Å². The van der Waals surface area contributed by atoms with E-state index < -0.39 is 5.97 Å². The van der Waals surface area contributed by atoms with Gasteiger partial charge in [-0.05, 0) is 18.6 Å². The van der Waals surface area contributed by atoms with Crippen LogP contribution in [0.25, 0.3) is 0 Å². The van der Waals surface area contributed by atoms with Crippen LogP contribution in [0.1, 0.15) is 23.3 Å².